The standard InChI is InChI=1S/C20H37N3O10/c1-5(2)15-13(28)14(29)20(30-15)33-18-10(25)7(21)4-8(22)17(18)32-19-9(23)11(26)12(27)16(31-19)6(3)24/h6-20,24-29H,1,4,21-23H2,2-3H3. The summed E-state index contributed by atoms with van der Waals surface area (Å²) < 4.78 is 22.9. The van der Waals surface area contributed by atoms with Gasteiger partial charge in [0.1, 0.15) is 48.8 Å². The summed E-state index contributed by atoms with van der Waals surface area (Å²) in [5.74, 6) is 0. The lowest BCUT2D eigenvalue weighted by Crippen LogP contribution is -2.68. The molecule has 3 aliphatic rings. The third kappa shape index (κ3) is 5.26. The summed E-state index contributed by atoms with van der Waals surface area (Å²) in [6.07, 6.45) is -15.0. The molecule has 13 heteroatoms. The number of hydrogen-bond donors (Lipinski definition) is 9. The van der Waals surface area contributed by atoms with Crippen molar-refractivity contribution in [1.82, 2.24) is 0 Å². The fourth-order valence-corrected chi connectivity index (χ4v) is 4.51. The zero-order valence-electron chi connectivity index (χ0n) is 18.6. The molecular weight excluding hydrogens is 442 g/mol. The van der Waals surface area contributed by atoms with Crippen LogP contribution in [0.25, 0.3) is 0 Å². The molecule has 1 aliphatic carbocycles. The summed E-state index contributed by atoms with van der Waals surface area (Å²) in [6, 6.07) is -2.78. The van der Waals surface area contributed by atoms with E-state index in [1.807, 2.05) is 0 Å². The SMILES string of the molecule is C=C(C)C1OC(OC2C(O)C(N)CC(N)C2OC2OC(C(C)O)C(O)C(O)C2N)C(O)C1O. The highest BCUT2D eigenvalue weighted by atomic mass is 16.7. The van der Waals surface area contributed by atoms with Crippen molar-refractivity contribution in [3.8, 4) is 0 Å². The van der Waals surface area contributed by atoms with Gasteiger partial charge in [0, 0.05) is 12.1 Å². The highest BCUT2D eigenvalue weighted by Gasteiger charge is 2.52. The number of hydrogen-bond acceptors (Lipinski definition) is 13. The smallest absolute Gasteiger partial charge is 0.187 e. The zero-order valence-corrected chi connectivity index (χ0v) is 18.6. The van der Waals surface area contributed by atoms with E-state index in [2.05, 4.69) is 6.58 Å². The van der Waals surface area contributed by atoms with Gasteiger partial charge in [-0.1, -0.05) is 6.58 Å². The average Bonchev–Trinajstić information content (AvgIpc) is 3.02. The minimum absolute atomic E-state index is 0.143. The van der Waals surface area contributed by atoms with Gasteiger partial charge >= 0.3 is 0 Å². The number of rotatable bonds is 6. The first kappa shape index (κ1) is 26.8. The molecule has 0 radical (unpaired) electrons. The summed E-state index contributed by atoms with van der Waals surface area (Å²) in [5.41, 5.74) is 18.7. The zero-order chi connectivity index (χ0) is 24.8. The van der Waals surface area contributed by atoms with Gasteiger partial charge in [-0.25, -0.2) is 0 Å². The van der Waals surface area contributed by atoms with E-state index in [-0.39, 0.29) is 6.42 Å². The van der Waals surface area contributed by atoms with Crippen LogP contribution < -0.4 is 17.2 Å². The van der Waals surface area contributed by atoms with Crippen molar-refractivity contribution in [1.29, 1.82) is 0 Å². The molecule has 15 unspecified atom stereocenters. The predicted molar refractivity (Wildman–Crippen MR) is 112 cm³/mol. The van der Waals surface area contributed by atoms with Gasteiger partial charge in [0.25, 0.3) is 0 Å². The Balaban J connectivity index is 1.80. The van der Waals surface area contributed by atoms with E-state index < -0.39 is 91.7 Å². The van der Waals surface area contributed by atoms with E-state index in [4.69, 9.17) is 36.1 Å². The third-order valence-corrected chi connectivity index (χ3v) is 6.52. The third-order valence-electron chi connectivity index (χ3n) is 6.52. The summed E-state index contributed by atoms with van der Waals surface area (Å²) in [4.78, 5) is 0. The van der Waals surface area contributed by atoms with E-state index >= 15 is 0 Å². The van der Waals surface area contributed by atoms with E-state index in [0.717, 1.165) is 0 Å². The minimum Gasteiger partial charge on any atom is -0.391 e. The highest BCUT2D eigenvalue weighted by Crippen LogP contribution is 2.33. The maximum absolute atomic E-state index is 10.7. The van der Waals surface area contributed by atoms with Crippen molar-refractivity contribution < 1.29 is 49.6 Å². The molecule has 12 N–H and O–H groups in total. The Bertz CT molecular complexity index is 686. The quantitative estimate of drug-likeness (QED) is 0.163. The van der Waals surface area contributed by atoms with Crippen LogP contribution >= 0.6 is 0 Å². The molecule has 33 heavy (non-hydrogen) atoms. The van der Waals surface area contributed by atoms with Crippen molar-refractivity contribution in [2.75, 3.05) is 0 Å². The lowest BCUT2D eigenvalue weighted by Gasteiger charge is -2.47. The van der Waals surface area contributed by atoms with Gasteiger partial charge in [-0.15, -0.1) is 0 Å². The molecule has 2 heterocycles. The van der Waals surface area contributed by atoms with Crippen LogP contribution in [0.1, 0.15) is 20.3 Å². The van der Waals surface area contributed by atoms with Crippen LogP contribution in [-0.2, 0) is 18.9 Å². The molecule has 0 aromatic carbocycles. The minimum atomic E-state index is -1.47. The van der Waals surface area contributed by atoms with Crippen molar-refractivity contribution in [2.45, 2.75) is 112 Å². The highest BCUT2D eigenvalue weighted by molar-refractivity contribution is 5.08. The predicted octanol–water partition coefficient (Wildman–Crippen LogP) is -4.65. The monoisotopic (exact) mass is 479 g/mol. The van der Waals surface area contributed by atoms with Gasteiger partial charge in [0.15, 0.2) is 12.6 Å². The van der Waals surface area contributed by atoms with Crippen molar-refractivity contribution >= 4 is 0 Å². The lowest BCUT2D eigenvalue weighted by atomic mass is 9.84. The van der Waals surface area contributed by atoms with Crippen molar-refractivity contribution in [3.63, 3.8) is 0 Å². The van der Waals surface area contributed by atoms with Crippen LogP contribution in [0.3, 0.4) is 0 Å². The number of nitrogens with two attached hydrogens (primary N) is 3. The second kappa shape index (κ2) is 10.5. The first-order valence-corrected chi connectivity index (χ1v) is 11.0. The molecular formula is C20H37N3O10. The Hall–Kier alpha value is -0.780. The fraction of sp³-hybridized carbons (Fsp3) is 0.900. The molecule has 0 bridgehead atoms. The molecule has 0 aromatic heterocycles. The molecule has 0 amide bonds. The topological polar surface area (TPSA) is 236 Å². The summed E-state index contributed by atoms with van der Waals surface area (Å²) in [5, 5.41) is 61.7. The van der Waals surface area contributed by atoms with Crippen molar-refractivity contribution in [3.05, 3.63) is 12.2 Å². The Labute approximate surface area is 191 Å². The van der Waals surface area contributed by atoms with Gasteiger partial charge in [-0.05, 0) is 25.8 Å². The Kier molecular flexibility index (Phi) is 8.50. The van der Waals surface area contributed by atoms with Crippen LogP contribution in [0.2, 0.25) is 0 Å². The Morgan fingerprint density at radius 1 is 0.848 bits per heavy atom. The van der Waals surface area contributed by atoms with Gasteiger partial charge in [-0.3, -0.25) is 0 Å². The normalized spacial score (nSPS) is 52.0. The average molecular weight is 480 g/mol. The molecule has 2 aliphatic heterocycles. The summed E-state index contributed by atoms with van der Waals surface area (Å²) in [6.45, 7) is 6.71. The molecule has 0 spiro atoms. The molecule has 1 saturated carbocycles. The Morgan fingerprint density at radius 2 is 1.45 bits per heavy atom. The largest absolute Gasteiger partial charge is 0.391 e. The molecule has 15 atom stereocenters. The van der Waals surface area contributed by atoms with Gasteiger partial charge in [0.05, 0.1) is 18.2 Å². The van der Waals surface area contributed by atoms with Gasteiger partial charge in [-0.2, -0.15) is 0 Å². The number of aliphatic hydroxyl groups excluding tert-OH is 6. The van der Waals surface area contributed by atoms with Gasteiger partial charge < -0.3 is 66.8 Å². The maximum Gasteiger partial charge on any atom is 0.187 e. The van der Waals surface area contributed by atoms with E-state index in [1.165, 1.54) is 6.92 Å². The van der Waals surface area contributed by atoms with Crippen LogP contribution in [0, 0.1) is 0 Å². The second-order valence-electron chi connectivity index (χ2n) is 9.28. The summed E-state index contributed by atoms with van der Waals surface area (Å²) in [7, 11) is 0. The molecule has 0 aromatic rings. The Morgan fingerprint density at radius 3 is 2.00 bits per heavy atom. The van der Waals surface area contributed by atoms with Crippen LogP contribution in [0.5, 0.6) is 0 Å². The molecule has 3 rings (SSSR count). The maximum atomic E-state index is 10.7. The fourth-order valence-electron chi connectivity index (χ4n) is 4.51. The van der Waals surface area contributed by atoms with Crippen LogP contribution in [0.4, 0.5) is 0 Å². The first-order valence-electron chi connectivity index (χ1n) is 11.0. The van der Waals surface area contributed by atoms with Crippen molar-refractivity contribution in [2.24, 2.45) is 17.2 Å². The first-order chi connectivity index (χ1) is 15.3. The van der Waals surface area contributed by atoms with E-state index in [1.54, 1.807) is 6.92 Å². The second-order valence-corrected chi connectivity index (χ2v) is 9.28. The number of ether oxygens (including phenoxy) is 4. The van der Waals surface area contributed by atoms with Gasteiger partial charge in [0.2, 0.25) is 0 Å². The van der Waals surface area contributed by atoms with E-state index in [0.29, 0.717) is 5.57 Å². The lowest BCUT2D eigenvalue weighted by molar-refractivity contribution is -0.315. The summed E-state index contributed by atoms with van der Waals surface area (Å²) >= 11 is 0. The van der Waals surface area contributed by atoms with Crippen LogP contribution in [0.15, 0.2) is 12.2 Å². The molecule has 192 valence electrons. The van der Waals surface area contributed by atoms with E-state index in [9.17, 15) is 30.6 Å². The number of aliphatic hydroxyl groups is 6. The molecule has 3 fully saturated rings. The molecule has 2 saturated heterocycles. The van der Waals surface area contributed by atoms with Crippen LogP contribution in [-0.4, -0.2) is 122 Å². The molecule has 13 nitrogen and oxygen atoms in total.